The van der Waals surface area contributed by atoms with Gasteiger partial charge in [0, 0.05) is 11.8 Å². The molecule has 2 atom stereocenters. The Kier molecular flexibility index (Phi) is 6.02. The molecule has 164 valence electrons. The van der Waals surface area contributed by atoms with Crippen LogP contribution < -0.4 is 10.2 Å². The predicted molar refractivity (Wildman–Crippen MR) is 119 cm³/mol. The summed E-state index contributed by atoms with van der Waals surface area (Å²) < 4.78 is 52.1. The fourth-order valence-corrected chi connectivity index (χ4v) is 6.62. The van der Waals surface area contributed by atoms with Crippen molar-refractivity contribution in [2.45, 2.75) is 25.4 Å². The van der Waals surface area contributed by atoms with Crippen LogP contribution in [0.15, 0.2) is 47.5 Å². The summed E-state index contributed by atoms with van der Waals surface area (Å²) in [5, 5.41) is 3.23. The van der Waals surface area contributed by atoms with Crippen molar-refractivity contribution < 1.29 is 22.0 Å². The predicted octanol–water partition coefficient (Wildman–Crippen LogP) is 3.24. The highest BCUT2D eigenvalue weighted by molar-refractivity contribution is 8.14. The van der Waals surface area contributed by atoms with Gasteiger partial charge < -0.3 is 10.2 Å². The minimum absolute atomic E-state index is 0.0163. The molecule has 0 aliphatic carbocycles. The maximum Gasteiger partial charge on any atom is 0.234 e. The van der Waals surface area contributed by atoms with E-state index in [2.05, 4.69) is 10.3 Å². The van der Waals surface area contributed by atoms with Crippen LogP contribution in [0.5, 0.6) is 0 Å². The van der Waals surface area contributed by atoms with Crippen molar-refractivity contribution in [3.05, 3.63) is 59.7 Å². The number of benzene rings is 2. The number of anilines is 2. The van der Waals surface area contributed by atoms with E-state index in [1.54, 1.807) is 0 Å². The fraction of sp³-hybridized carbons (Fsp3) is 0.333. The monoisotopic (exact) mass is 465 g/mol. The van der Waals surface area contributed by atoms with Crippen molar-refractivity contribution in [1.82, 2.24) is 0 Å². The summed E-state index contributed by atoms with van der Waals surface area (Å²) in [6.45, 7) is 1.99. The largest absolute Gasteiger partial charge is 0.325 e. The number of sulfone groups is 1. The van der Waals surface area contributed by atoms with Crippen LogP contribution in [0.1, 0.15) is 12.5 Å². The second-order valence-corrected chi connectivity index (χ2v) is 10.5. The number of halogens is 2. The van der Waals surface area contributed by atoms with Crippen LogP contribution in [0.25, 0.3) is 0 Å². The minimum atomic E-state index is -3.30. The van der Waals surface area contributed by atoms with Crippen LogP contribution in [0.4, 0.5) is 20.2 Å². The summed E-state index contributed by atoms with van der Waals surface area (Å²) in [7, 11) is -3.30. The molecule has 0 unspecified atom stereocenters. The second-order valence-electron chi connectivity index (χ2n) is 7.44. The summed E-state index contributed by atoms with van der Waals surface area (Å²) in [5.74, 6) is -2.06. The van der Waals surface area contributed by atoms with Crippen molar-refractivity contribution in [3.8, 4) is 0 Å². The lowest BCUT2D eigenvalue weighted by molar-refractivity contribution is -0.113. The van der Waals surface area contributed by atoms with E-state index in [0.717, 1.165) is 41.6 Å². The molecule has 2 aromatic carbocycles. The highest BCUT2D eigenvalue weighted by Crippen LogP contribution is 2.36. The molecule has 1 fully saturated rings. The molecule has 0 saturated carbocycles. The lowest BCUT2D eigenvalue weighted by Crippen LogP contribution is -2.40. The van der Waals surface area contributed by atoms with E-state index in [-0.39, 0.29) is 28.9 Å². The number of nitrogens with zero attached hydrogens (tertiary/aromatic N) is 2. The number of thioether (sulfide) groups is 1. The summed E-state index contributed by atoms with van der Waals surface area (Å²) in [6, 6.07) is 9.52. The second kappa shape index (κ2) is 8.58. The molecule has 2 aromatic rings. The molecule has 0 radical (unpaired) electrons. The number of carbonyl (C=O) groups is 1. The Balaban J connectivity index is 1.53. The van der Waals surface area contributed by atoms with Crippen molar-refractivity contribution in [3.63, 3.8) is 0 Å². The Bertz CT molecular complexity index is 1150. The van der Waals surface area contributed by atoms with E-state index >= 15 is 0 Å². The first-order valence-corrected chi connectivity index (χ1v) is 12.6. The Labute approximate surface area is 183 Å². The number of rotatable bonds is 5. The van der Waals surface area contributed by atoms with Gasteiger partial charge in [0.25, 0.3) is 0 Å². The standard InChI is InChI=1S/C21H21F2N3O3S2/c1-2-13-5-3-4-6-16(13)24-20(27)10-30-21-25-17-11-31(28,29)12-19(17)26(21)18-8-7-14(22)9-15(18)23/h3-9,17,19H,2,10-12H2,1H3,(H,24,27)/t17-,19+/m1/s1. The Morgan fingerprint density at radius 2 is 2.00 bits per heavy atom. The van der Waals surface area contributed by atoms with E-state index in [1.165, 1.54) is 11.0 Å². The van der Waals surface area contributed by atoms with Crippen LogP contribution >= 0.6 is 11.8 Å². The summed E-state index contributed by atoms with van der Waals surface area (Å²) >= 11 is 1.11. The van der Waals surface area contributed by atoms with Gasteiger partial charge in [-0.3, -0.25) is 9.79 Å². The molecule has 0 aromatic heterocycles. The zero-order valence-corrected chi connectivity index (χ0v) is 18.3. The van der Waals surface area contributed by atoms with Gasteiger partial charge >= 0.3 is 0 Å². The van der Waals surface area contributed by atoms with Crippen LogP contribution in [0.3, 0.4) is 0 Å². The van der Waals surface area contributed by atoms with E-state index in [9.17, 15) is 22.0 Å². The van der Waals surface area contributed by atoms with E-state index < -0.39 is 33.6 Å². The maximum absolute atomic E-state index is 14.5. The van der Waals surface area contributed by atoms with Crippen molar-refractivity contribution in [2.24, 2.45) is 4.99 Å². The third kappa shape index (κ3) is 4.59. The van der Waals surface area contributed by atoms with Crippen LogP contribution in [0.2, 0.25) is 0 Å². The molecule has 2 heterocycles. The summed E-state index contributed by atoms with van der Waals surface area (Å²) in [6.07, 6.45) is 0.770. The molecule has 6 nitrogen and oxygen atoms in total. The SMILES string of the molecule is CCc1ccccc1NC(=O)CSC1=N[C@@H]2CS(=O)(=O)C[C@@H]2N1c1ccc(F)cc1F. The van der Waals surface area contributed by atoms with Gasteiger partial charge in [-0.25, -0.2) is 17.2 Å². The Hall–Kier alpha value is -2.46. The third-order valence-corrected chi connectivity index (χ3v) is 7.95. The van der Waals surface area contributed by atoms with Crippen LogP contribution in [-0.4, -0.2) is 48.8 Å². The van der Waals surface area contributed by atoms with Gasteiger partial charge in [0.1, 0.15) is 11.6 Å². The first-order valence-electron chi connectivity index (χ1n) is 9.80. The Morgan fingerprint density at radius 1 is 1.23 bits per heavy atom. The molecule has 1 N–H and O–H groups in total. The Morgan fingerprint density at radius 3 is 2.74 bits per heavy atom. The molecule has 10 heteroatoms. The van der Waals surface area contributed by atoms with Gasteiger partial charge in [0.05, 0.1) is 35.0 Å². The lowest BCUT2D eigenvalue weighted by atomic mass is 10.1. The molecule has 1 amide bonds. The van der Waals surface area contributed by atoms with Gasteiger partial charge in [-0.05, 0) is 30.2 Å². The van der Waals surface area contributed by atoms with Crippen molar-refractivity contribution >= 4 is 44.0 Å². The number of carbonyl (C=O) groups excluding carboxylic acids is 1. The highest BCUT2D eigenvalue weighted by atomic mass is 32.2. The molecule has 0 bridgehead atoms. The number of amidine groups is 1. The van der Waals surface area contributed by atoms with Gasteiger partial charge in [0.2, 0.25) is 5.91 Å². The normalized spacial score (nSPS) is 21.6. The maximum atomic E-state index is 14.5. The molecule has 2 aliphatic rings. The van der Waals surface area contributed by atoms with E-state index in [4.69, 9.17) is 0 Å². The van der Waals surface area contributed by atoms with Gasteiger partial charge in [-0.15, -0.1) is 0 Å². The highest BCUT2D eigenvalue weighted by Gasteiger charge is 2.47. The molecule has 1 saturated heterocycles. The number of aryl methyl sites for hydroxylation is 1. The van der Waals surface area contributed by atoms with Crippen molar-refractivity contribution in [1.29, 1.82) is 0 Å². The van der Waals surface area contributed by atoms with Crippen LogP contribution in [-0.2, 0) is 21.1 Å². The zero-order valence-electron chi connectivity index (χ0n) is 16.7. The molecule has 2 aliphatic heterocycles. The number of hydrogen-bond acceptors (Lipinski definition) is 6. The minimum Gasteiger partial charge on any atom is -0.325 e. The molecule has 4 rings (SSSR count). The zero-order chi connectivity index (χ0) is 22.2. The number of hydrogen-bond donors (Lipinski definition) is 1. The van der Waals surface area contributed by atoms with Gasteiger partial charge in [-0.2, -0.15) is 0 Å². The van der Waals surface area contributed by atoms with E-state index in [1.807, 2.05) is 31.2 Å². The van der Waals surface area contributed by atoms with Crippen LogP contribution in [0, 0.1) is 11.6 Å². The van der Waals surface area contributed by atoms with E-state index in [0.29, 0.717) is 5.17 Å². The first kappa shape index (κ1) is 21.8. The summed E-state index contributed by atoms with van der Waals surface area (Å²) in [4.78, 5) is 18.5. The number of amides is 1. The first-order chi connectivity index (χ1) is 14.8. The summed E-state index contributed by atoms with van der Waals surface area (Å²) in [5.41, 5.74) is 1.79. The molecular weight excluding hydrogens is 444 g/mol. The lowest BCUT2D eigenvalue weighted by Gasteiger charge is -2.26. The number of aliphatic imine (C=N–C) groups is 1. The molecular formula is C21H21F2N3O3S2. The average Bonchev–Trinajstić information content (AvgIpc) is 3.18. The number of fused-ring (bicyclic) bond motifs is 1. The average molecular weight is 466 g/mol. The fourth-order valence-electron chi connectivity index (χ4n) is 3.86. The topological polar surface area (TPSA) is 78.8 Å². The third-order valence-electron chi connectivity index (χ3n) is 5.28. The molecule has 31 heavy (non-hydrogen) atoms. The van der Waals surface area contributed by atoms with Gasteiger partial charge in [-0.1, -0.05) is 36.9 Å². The van der Waals surface area contributed by atoms with Gasteiger partial charge in [0.15, 0.2) is 15.0 Å². The number of nitrogens with one attached hydrogen (secondary N) is 1. The molecule has 0 spiro atoms. The smallest absolute Gasteiger partial charge is 0.234 e. The van der Waals surface area contributed by atoms with Crippen molar-refractivity contribution in [2.75, 3.05) is 27.5 Å². The quantitative estimate of drug-likeness (QED) is 0.734. The number of para-hydroxylation sites is 1.